The van der Waals surface area contributed by atoms with Gasteiger partial charge in [-0.3, -0.25) is 4.79 Å². The fourth-order valence-corrected chi connectivity index (χ4v) is 3.01. The van der Waals surface area contributed by atoms with Crippen molar-refractivity contribution in [2.24, 2.45) is 0 Å². The minimum atomic E-state index is -0.0708. The lowest BCUT2D eigenvalue weighted by atomic mass is 10.0. The number of hydrogen-bond donors (Lipinski definition) is 3. The summed E-state index contributed by atoms with van der Waals surface area (Å²) in [5.74, 6) is 1.25. The van der Waals surface area contributed by atoms with Crippen LogP contribution >= 0.6 is 0 Å². The molecule has 0 aliphatic carbocycles. The molecule has 0 bridgehead atoms. The number of carbonyl (C=O) groups is 1. The second-order valence-electron chi connectivity index (χ2n) is 6.39. The number of nitrogens with one attached hydrogen (secondary N) is 2. The highest BCUT2D eigenvalue weighted by atomic mass is 16.5. The average Bonchev–Trinajstić information content (AvgIpc) is 2.65. The summed E-state index contributed by atoms with van der Waals surface area (Å²) in [6.45, 7) is 1.77. The van der Waals surface area contributed by atoms with E-state index in [9.17, 15) is 4.79 Å². The molecule has 1 unspecified atom stereocenters. The number of nitrogens with two attached hydrogens (primary N) is 1. The van der Waals surface area contributed by atoms with Crippen LogP contribution in [0.25, 0.3) is 0 Å². The largest absolute Gasteiger partial charge is 0.457 e. The Labute approximate surface area is 148 Å². The molecular formula is C20H25N3O2. The van der Waals surface area contributed by atoms with Crippen molar-refractivity contribution in [3.05, 3.63) is 54.1 Å². The predicted molar refractivity (Wildman–Crippen MR) is 100.0 cm³/mol. The standard InChI is InChI=1S/C20H25N3O2/c21-16-7-9-18(10-8-16)25-19-6-3-4-15(14-19)20(24)23-13-11-17-5-1-2-12-22-17/h3-4,6-10,14,17,22H,1-2,5,11-13,21H2,(H,23,24). The topological polar surface area (TPSA) is 76.4 Å². The summed E-state index contributed by atoms with van der Waals surface area (Å²) < 4.78 is 5.78. The van der Waals surface area contributed by atoms with Gasteiger partial charge >= 0.3 is 0 Å². The molecule has 1 fully saturated rings. The van der Waals surface area contributed by atoms with Gasteiger partial charge in [0.25, 0.3) is 5.91 Å². The van der Waals surface area contributed by atoms with Crippen molar-refractivity contribution in [3.63, 3.8) is 0 Å². The maximum Gasteiger partial charge on any atom is 0.251 e. The first-order valence-electron chi connectivity index (χ1n) is 8.86. The molecule has 5 nitrogen and oxygen atoms in total. The van der Waals surface area contributed by atoms with Crippen molar-refractivity contribution in [2.75, 3.05) is 18.8 Å². The van der Waals surface area contributed by atoms with Gasteiger partial charge in [0.15, 0.2) is 0 Å². The Hall–Kier alpha value is -2.53. The first-order chi connectivity index (χ1) is 12.2. The van der Waals surface area contributed by atoms with Gasteiger partial charge in [-0.15, -0.1) is 0 Å². The van der Waals surface area contributed by atoms with Crippen LogP contribution in [0.1, 0.15) is 36.0 Å². The van der Waals surface area contributed by atoms with Crippen molar-refractivity contribution >= 4 is 11.6 Å². The lowest BCUT2D eigenvalue weighted by molar-refractivity contribution is 0.0951. The number of ether oxygens (including phenoxy) is 1. The maximum atomic E-state index is 12.3. The van der Waals surface area contributed by atoms with Crippen LogP contribution in [0.15, 0.2) is 48.5 Å². The molecular weight excluding hydrogens is 314 g/mol. The van der Waals surface area contributed by atoms with Crippen LogP contribution < -0.4 is 21.1 Å². The molecule has 5 heteroatoms. The van der Waals surface area contributed by atoms with Crippen molar-refractivity contribution in [3.8, 4) is 11.5 Å². The van der Waals surface area contributed by atoms with Crippen LogP contribution in [-0.2, 0) is 0 Å². The highest BCUT2D eigenvalue weighted by Crippen LogP contribution is 2.23. The normalized spacial score (nSPS) is 17.0. The summed E-state index contributed by atoms with van der Waals surface area (Å²) in [6, 6.07) is 14.9. The lowest BCUT2D eigenvalue weighted by Gasteiger charge is -2.23. The van der Waals surface area contributed by atoms with Crippen LogP contribution in [0.2, 0.25) is 0 Å². The van der Waals surface area contributed by atoms with Crippen LogP contribution in [0, 0.1) is 0 Å². The fraction of sp³-hybridized carbons (Fsp3) is 0.350. The Morgan fingerprint density at radius 3 is 2.76 bits per heavy atom. The van der Waals surface area contributed by atoms with E-state index in [1.54, 1.807) is 36.4 Å². The molecule has 1 aliphatic heterocycles. The highest BCUT2D eigenvalue weighted by molar-refractivity contribution is 5.94. The van der Waals surface area contributed by atoms with Crippen molar-refractivity contribution in [1.29, 1.82) is 0 Å². The average molecular weight is 339 g/mol. The Kier molecular flexibility index (Phi) is 5.90. The van der Waals surface area contributed by atoms with Gasteiger partial charge in [-0.05, 0) is 68.3 Å². The van der Waals surface area contributed by atoms with Gasteiger partial charge in [-0.1, -0.05) is 12.5 Å². The predicted octanol–water partition coefficient (Wildman–Crippen LogP) is 3.32. The van der Waals surface area contributed by atoms with E-state index in [0.29, 0.717) is 35.3 Å². The van der Waals surface area contributed by atoms with E-state index in [0.717, 1.165) is 13.0 Å². The van der Waals surface area contributed by atoms with Crippen LogP contribution in [0.3, 0.4) is 0 Å². The zero-order chi connectivity index (χ0) is 17.5. The molecule has 1 amide bonds. The molecule has 2 aromatic rings. The number of carbonyl (C=O) groups excluding carboxylic acids is 1. The van der Waals surface area contributed by atoms with Crippen molar-refractivity contribution in [2.45, 2.75) is 31.7 Å². The van der Waals surface area contributed by atoms with E-state index in [4.69, 9.17) is 10.5 Å². The first kappa shape index (κ1) is 17.3. The lowest BCUT2D eigenvalue weighted by Crippen LogP contribution is -2.37. The van der Waals surface area contributed by atoms with E-state index in [-0.39, 0.29) is 5.91 Å². The maximum absolute atomic E-state index is 12.3. The van der Waals surface area contributed by atoms with Crippen molar-refractivity contribution < 1.29 is 9.53 Å². The van der Waals surface area contributed by atoms with Crippen LogP contribution in [0.5, 0.6) is 11.5 Å². The summed E-state index contributed by atoms with van der Waals surface area (Å²) in [5, 5.41) is 6.49. The number of anilines is 1. The Bertz CT molecular complexity index is 694. The molecule has 3 rings (SSSR count). The molecule has 1 saturated heterocycles. The smallest absolute Gasteiger partial charge is 0.251 e. The zero-order valence-corrected chi connectivity index (χ0v) is 14.3. The molecule has 132 valence electrons. The number of hydrogen-bond acceptors (Lipinski definition) is 4. The summed E-state index contributed by atoms with van der Waals surface area (Å²) in [5.41, 5.74) is 6.96. The molecule has 0 radical (unpaired) electrons. The molecule has 0 saturated carbocycles. The first-order valence-corrected chi connectivity index (χ1v) is 8.86. The quantitative estimate of drug-likeness (QED) is 0.706. The summed E-state index contributed by atoms with van der Waals surface area (Å²) in [4.78, 5) is 12.3. The summed E-state index contributed by atoms with van der Waals surface area (Å²) >= 11 is 0. The molecule has 0 spiro atoms. The Balaban J connectivity index is 1.52. The number of benzene rings is 2. The van der Waals surface area contributed by atoms with E-state index >= 15 is 0 Å². The molecule has 1 aliphatic rings. The van der Waals surface area contributed by atoms with Gasteiger partial charge in [0, 0.05) is 23.8 Å². The van der Waals surface area contributed by atoms with Gasteiger partial charge < -0.3 is 21.1 Å². The second-order valence-corrected chi connectivity index (χ2v) is 6.39. The fourth-order valence-electron chi connectivity index (χ4n) is 3.01. The van der Waals surface area contributed by atoms with E-state index in [2.05, 4.69) is 10.6 Å². The summed E-state index contributed by atoms with van der Waals surface area (Å²) in [7, 11) is 0. The van der Waals surface area contributed by atoms with Crippen LogP contribution in [0.4, 0.5) is 5.69 Å². The van der Waals surface area contributed by atoms with E-state index in [1.165, 1.54) is 19.3 Å². The van der Waals surface area contributed by atoms with E-state index in [1.807, 2.05) is 12.1 Å². The number of amides is 1. The van der Waals surface area contributed by atoms with Crippen molar-refractivity contribution in [1.82, 2.24) is 10.6 Å². The third kappa shape index (κ3) is 5.22. The minimum absolute atomic E-state index is 0.0708. The zero-order valence-electron chi connectivity index (χ0n) is 14.3. The minimum Gasteiger partial charge on any atom is -0.457 e. The number of rotatable bonds is 6. The molecule has 0 aromatic heterocycles. The van der Waals surface area contributed by atoms with Gasteiger partial charge in [0.05, 0.1) is 0 Å². The molecule has 25 heavy (non-hydrogen) atoms. The van der Waals surface area contributed by atoms with Gasteiger partial charge in [0.2, 0.25) is 0 Å². The molecule has 4 N–H and O–H groups in total. The second kappa shape index (κ2) is 8.53. The van der Waals surface area contributed by atoms with E-state index < -0.39 is 0 Å². The molecule has 1 atom stereocenters. The summed E-state index contributed by atoms with van der Waals surface area (Å²) in [6.07, 6.45) is 4.69. The Morgan fingerprint density at radius 2 is 2.00 bits per heavy atom. The third-order valence-electron chi connectivity index (χ3n) is 4.40. The SMILES string of the molecule is Nc1ccc(Oc2cccc(C(=O)NCCC3CCCCN3)c2)cc1. The molecule has 2 aromatic carbocycles. The molecule has 1 heterocycles. The number of piperidine rings is 1. The highest BCUT2D eigenvalue weighted by Gasteiger charge is 2.13. The van der Waals surface area contributed by atoms with Gasteiger partial charge in [-0.25, -0.2) is 0 Å². The monoisotopic (exact) mass is 339 g/mol. The van der Waals surface area contributed by atoms with Gasteiger partial charge in [0.1, 0.15) is 11.5 Å². The van der Waals surface area contributed by atoms with Crippen LogP contribution in [-0.4, -0.2) is 25.0 Å². The third-order valence-corrected chi connectivity index (χ3v) is 4.40. The van der Waals surface area contributed by atoms with Gasteiger partial charge in [-0.2, -0.15) is 0 Å². The number of nitrogen functional groups attached to an aromatic ring is 1. The Morgan fingerprint density at radius 1 is 1.16 bits per heavy atom.